The Bertz CT molecular complexity index is 651. The molecular formula is C9H10ClN2O2PS. The second-order valence-electron chi connectivity index (χ2n) is 3.41. The van der Waals surface area contributed by atoms with Crippen LogP contribution in [0, 0.1) is 0 Å². The molecule has 1 aromatic carbocycles. The summed E-state index contributed by atoms with van der Waals surface area (Å²) in [6.07, 6.45) is 1.12. The molecule has 16 heavy (non-hydrogen) atoms. The molecule has 0 amide bonds. The topological polar surface area (TPSA) is 62.8 Å². The summed E-state index contributed by atoms with van der Waals surface area (Å²) in [5.74, 6) is 0. The second kappa shape index (κ2) is 3.99. The van der Waals surface area contributed by atoms with Gasteiger partial charge < -0.3 is 4.98 Å². The van der Waals surface area contributed by atoms with E-state index in [0.717, 1.165) is 11.6 Å². The molecule has 1 atom stereocenters. The summed E-state index contributed by atoms with van der Waals surface area (Å²) >= 11 is 6.04. The Morgan fingerprint density at radius 3 is 2.69 bits per heavy atom. The summed E-state index contributed by atoms with van der Waals surface area (Å²) in [6, 6.07) is 3.53. The third-order valence-corrected chi connectivity index (χ3v) is 4.49. The number of nitrogens with zero attached hydrogens (tertiary/aromatic N) is 1. The molecule has 86 valence electrons. The summed E-state index contributed by atoms with van der Waals surface area (Å²) in [5, 5.41) is 1.60. The Labute approximate surface area is 100 Å². The lowest BCUT2D eigenvalue weighted by atomic mass is 10.3. The zero-order chi connectivity index (χ0) is 11.9. The van der Waals surface area contributed by atoms with Gasteiger partial charge in [-0.3, -0.25) is 0 Å². The van der Waals surface area contributed by atoms with Gasteiger partial charge in [-0.05, 0) is 24.1 Å². The molecule has 1 unspecified atom stereocenters. The van der Waals surface area contributed by atoms with Crippen molar-refractivity contribution < 1.29 is 8.42 Å². The Morgan fingerprint density at radius 1 is 1.44 bits per heavy atom. The van der Waals surface area contributed by atoms with Crippen LogP contribution in [0.25, 0.3) is 11.0 Å². The molecule has 2 aromatic rings. The maximum Gasteiger partial charge on any atom is 0.225 e. The SMILES string of the molecule is CPc1cc2nc(S(C)(=O)=O)[nH]c2cc1Cl. The number of imidazole rings is 1. The van der Waals surface area contributed by atoms with Gasteiger partial charge in [-0.25, -0.2) is 13.4 Å². The van der Waals surface area contributed by atoms with E-state index in [1.54, 1.807) is 6.07 Å². The van der Waals surface area contributed by atoms with Crippen LogP contribution in [-0.2, 0) is 9.84 Å². The Hall–Kier alpha value is -0.640. The first-order valence-corrected chi connectivity index (χ1v) is 8.26. The molecule has 0 spiro atoms. The molecule has 1 aromatic heterocycles. The van der Waals surface area contributed by atoms with E-state index in [-0.39, 0.29) is 5.16 Å². The molecule has 1 N–H and O–H groups in total. The van der Waals surface area contributed by atoms with Gasteiger partial charge in [-0.1, -0.05) is 20.2 Å². The number of fused-ring (bicyclic) bond motifs is 1. The fraction of sp³-hybridized carbons (Fsp3) is 0.222. The molecule has 2 rings (SSSR count). The molecule has 1 heterocycles. The van der Waals surface area contributed by atoms with Crippen LogP contribution in [0.5, 0.6) is 0 Å². The highest BCUT2D eigenvalue weighted by molar-refractivity contribution is 7.90. The zero-order valence-electron chi connectivity index (χ0n) is 8.70. The third kappa shape index (κ3) is 2.08. The molecule has 4 nitrogen and oxygen atoms in total. The predicted molar refractivity (Wildman–Crippen MR) is 68.1 cm³/mol. The lowest BCUT2D eigenvalue weighted by Gasteiger charge is -1.99. The van der Waals surface area contributed by atoms with Crippen LogP contribution in [-0.4, -0.2) is 31.3 Å². The van der Waals surface area contributed by atoms with Crippen molar-refractivity contribution in [3.05, 3.63) is 17.2 Å². The first-order valence-electron chi connectivity index (χ1n) is 4.49. The average molecular weight is 277 g/mol. The third-order valence-electron chi connectivity index (χ3n) is 2.17. The zero-order valence-corrected chi connectivity index (χ0v) is 11.3. The van der Waals surface area contributed by atoms with E-state index >= 15 is 0 Å². The number of aromatic amines is 1. The van der Waals surface area contributed by atoms with E-state index in [2.05, 4.69) is 9.97 Å². The van der Waals surface area contributed by atoms with Crippen molar-refractivity contribution in [1.82, 2.24) is 9.97 Å². The summed E-state index contributed by atoms with van der Waals surface area (Å²) in [4.78, 5) is 6.78. The van der Waals surface area contributed by atoms with Crippen LogP contribution < -0.4 is 5.30 Å². The summed E-state index contributed by atoms with van der Waals surface area (Å²) < 4.78 is 22.6. The fourth-order valence-corrected chi connectivity index (χ4v) is 2.97. The average Bonchev–Trinajstić information content (AvgIpc) is 2.58. The number of sulfone groups is 1. The molecule has 0 aliphatic carbocycles. The minimum atomic E-state index is -3.30. The molecule has 0 aliphatic rings. The van der Waals surface area contributed by atoms with Crippen molar-refractivity contribution >= 4 is 46.4 Å². The van der Waals surface area contributed by atoms with Crippen LogP contribution in [0.1, 0.15) is 0 Å². The molecule has 7 heteroatoms. The molecule has 0 saturated carbocycles. The number of nitrogens with one attached hydrogen (secondary N) is 1. The fourth-order valence-electron chi connectivity index (χ4n) is 1.37. The monoisotopic (exact) mass is 276 g/mol. The molecular weight excluding hydrogens is 267 g/mol. The minimum Gasteiger partial charge on any atom is -0.329 e. The number of rotatable bonds is 2. The first-order chi connectivity index (χ1) is 7.41. The van der Waals surface area contributed by atoms with Crippen LogP contribution in [0.2, 0.25) is 5.02 Å². The van der Waals surface area contributed by atoms with Crippen molar-refractivity contribution in [2.45, 2.75) is 5.16 Å². The van der Waals surface area contributed by atoms with Gasteiger partial charge in [0, 0.05) is 6.26 Å². The van der Waals surface area contributed by atoms with Gasteiger partial charge in [-0.2, -0.15) is 0 Å². The van der Waals surface area contributed by atoms with E-state index in [9.17, 15) is 8.42 Å². The lowest BCUT2D eigenvalue weighted by molar-refractivity contribution is 0.595. The van der Waals surface area contributed by atoms with Crippen LogP contribution in [0.3, 0.4) is 0 Å². The smallest absolute Gasteiger partial charge is 0.225 e. The van der Waals surface area contributed by atoms with Gasteiger partial charge in [-0.15, -0.1) is 0 Å². The summed E-state index contributed by atoms with van der Waals surface area (Å²) in [5.41, 5.74) is 1.28. The standard InChI is InChI=1S/C9H10ClN2O2PS/c1-15-8-4-7-6(3-5(8)10)11-9(12-7)16(2,13)14/h3-4,15H,1-2H3,(H,11,12). The van der Waals surface area contributed by atoms with Crippen molar-refractivity contribution in [1.29, 1.82) is 0 Å². The Kier molecular flexibility index (Phi) is 2.95. The number of H-pyrrole nitrogens is 1. The van der Waals surface area contributed by atoms with Crippen LogP contribution >= 0.6 is 20.2 Å². The minimum absolute atomic E-state index is 0.0184. The number of benzene rings is 1. The van der Waals surface area contributed by atoms with Crippen molar-refractivity contribution in [2.24, 2.45) is 0 Å². The van der Waals surface area contributed by atoms with Crippen molar-refractivity contribution in [2.75, 3.05) is 12.9 Å². The molecule has 0 aliphatic heterocycles. The highest BCUT2D eigenvalue weighted by Crippen LogP contribution is 2.22. The number of halogens is 1. The normalized spacial score (nSPS) is 12.9. The van der Waals surface area contributed by atoms with Gasteiger partial charge >= 0.3 is 0 Å². The highest BCUT2D eigenvalue weighted by Gasteiger charge is 2.14. The van der Waals surface area contributed by atoms with E-state index < -0.39 is 9.84 Å². The molecule has 0 radical (unpaired) electrons. The van der Waals surface area contributed by atoms with E-state index in [0.29, 0.717) is 24.6 Å². The molecule has 0 fully saturated rings. The van der Waals surface area contributed by atoms with E-state index in [4.69, 9.17) is 11.6 Å². The number of hydrogen-bond acceptors (Lipinski definition) is 3. The van der Waals surface area contributed by atoms with Gasteiger partial charge in [0.2, 0.25) is 15.0 Å². The summed E-state index contributed by atoms with van der Waals surface area (Å²) in [6.45, 7) is 2.01. The molecule has 0 bridgehead atoms. The molecule has 0 saturated heterocycles. The summed E-state index contributed by atoms with van der Waals surface area (Å²) in [7, 11) is -2.75. The highest BCUT2D eigenvalue weighted by atomic mass is 35.5. The van der Waals surface area contributed by atoms with Gasteiger partial charge in [0.25, 0.3) is 0 Å². The lowest BCUT2D eigenvalue weighted by Crippen LogP contribution is -1.98. The number of aromatic nitrogens is 2. The predicted octanol–water partition coefficient (Wildman–Crippen LogP) is 1.55. The maximum atomic E-state index is 11.3. The Morgan fingerprint density at radius 2 is 2.12 bits per heavy atom. The van der Waals surface area contributed by atoms with Gasteiger partial charge in [0.15, 0.2) is 0 Å². The first kappa shape index (κ1) is 11.8. The van der Waals surface area contributed by atoms with Crippen molar-refractivity contribution in [3.8, 4) is 0 Å². The Balaban J connectivity index is 2.72. The maximum absolute atomic E-state index is 11.3. The van der Waals surface area contributed by atoms with Crippen LogP contribution in [0.15, 0.2) is 17.3 Å². The number of hydrogen-bond donors (Lipinski definition) is 1. The largest absolute Gasteiger partial charge is 0.329 e. The van der Waals surface area contributed by atoms with E-state index in [1.165, 1.54) is 0 Å². The van der Waals surface area contributed by atoms with Gasteiger partial charge in [0.1, 0.15) is 0 Å². The van der Waals surface area contributed by atoms with Crippen LogP contribution in [0.4, 0.5) is 0 Å². The van der Waals surface area contributed by atoms with Crippen molar-refractivity contribution in [3.63, 3.8) is 0 Å². The van der Waals surface area contributed by atoms with Gasteiger partial charge in [0.05, 0.1) is 16.1 Å². The quantitative estimate of drug-likeness (QED) is 0.847. The second-order valence-corrected chi connectivity index (χ2v) is 6.79. The van der Waals surface area contributed by atoms with E-state index in [1.807, 2.05) is 12.7 Å².